The molecule has 1 aliphatic heterocycles. The van der Waals surface area contributed by atoms with Crippen LogP contribution in [-0.2, 0) is 6.54 Å². The number of rotatable bonds is 4. The zero-order valence-corrected chi connectivity index (χ0v) is 11.0. The van der Waals surface area contributed by atoms with Crippen LogP contribution in [0.15, 0.2) is 24.3 Å². The van der Waals surface area contributed by atoms with Gasteiger partial charge >= 0.3 is 0 Å². The fourth-order valence-electron chi connectivity index (χ4n) is 2.39. The van der Waals surface area contributed by atoms with Gasteiger partial charge in [0.2, 0.25) is 0 Å². The molecule has 0 atom stereocenters. The van der Waals surface area contributed by atoms with Crippen molar-refractivity contribution < 1.29 is 4.74 Å². The van der Waals surface area contributed by atoms with Crippen LogP contribution in [0.3, 0.4) is 0 Å². The summed E-state index contributed by atoms with van der Waals surface area (Å²) >= 11 is 0. The quantitative estimate of drug-likeness (QED) is 0.791. The highest BCUT2D eigenvalue weighted by Crippen LogP contribution is 2.23. The van der Waals surface area contributed by atoms with E-state index in [0.717, 1.165) is 24.8 Å². The number of benzene rings is 1. The Balaban J connectivity index is 1.98. The Labute approximate surface area is 105 Å². The summed E-state index contributed by atoms with van der Waals surface area (Å²) in [5.41, 5.74) is 1.32. The highest BCUT2D eigenvalue weighted by atomic mass is 16.5. The molecule has 1 aromatic carbocycles. The predicted molar refractivity (Wildman–Crippen MR) is 71.3 cm³/mol. The monoisotopic (exact) mass is 233 g/mol. The molecule has 1 saturated heterocycles. The molecule has 0 aliphatic carbocycles. The molecule has 94 valence electrons. The van der Waals surface area contributed by atoms with Crippen molar-refractivity contribution in [1.29, 1.82) is 0 Å². The Morgan fingerprint density at radius 1 is 1.24 bits per heavy atom. The molecule has 1 heterocycles. The summed E-state index contributed by atoms with van der Waals surface area (Å²) in [7, 11) is 0. The summed E-state index contributed by atoms with van der Waals surface area (Å²) in [5, 5.41) is 0. The number of nitrogens with zero attached hydrogens (tertiary/aromatic N) is 1. The van der Waals surface area contributed by atoms with Crippen LogP contribution in [0.4, 0.5) is 0 Å². The highest BCUT2D eigenvalue weighted by molar-refractivity contribution is 5.33. The van der Waals surface area contributed by atoms with E-state index in [2.05, 4.69) is 30.0 Å². The Hall–Kier alpha value is -1.02. The minimum Gasteiger partial charge on any atom is -0.494 e. The standard InChI is InChI=1S/C15H23NO/c1-3-17-15-7-5-4-6-14(15)12-16-10-8-13(2)9-11-16/h4-7,13H,3,8-12H2,1-2H3. The Kier molecular flexibility index (Phi) is 4.43. The first-order valence-electron chi connectivity index (χ1n) is 6.72. The molecular formula is C15H23NO. The third kappa shape index (κ3) is 3.47. The Bertz CT molecular complexity index is 343. The lowest BCUT2D eigenvalue weighted by atomic mass is 9.99. The van der Waals surface area contributed by atoms with Crippen molar-refractivity contribution in [3.8, 4) is 5.75 Å². The van der Waals surface area contributed by atoms with Crippen LogP contribution in [0.5, 0.6) is 5.75 Å². The van der Waals surface area contributed by atoms with E-state index in [1.165, 1.54) is 31.5 Å². The minimum atomic E-state index is 0.744. The van der Waals surface area contributed by atoms with Gasteiger partial charge in [0.1, 0.15) is 5.75 Å². The molecule has 1 aliphatic rings. The minimum absolute atomic E-state index is 0.744. The molecule has 0 spiro atoms. The van der Waals surface area contributed by atoms with E-state index in [9.17, 15) is 0 Å². The average molecular weight is 233 g/mol. The SMILES string of the molecule is CCOc1ccccc1CN1CCC(C)CC1. The summed E-state index contributed by atoms with van der Waals surface area (Å²) in [6, 6.07) is 8.41. The molecule has 0 saturated carbocycles. The third-order valence-electron chi connectivity index (χ3n) is 3.54. The maximum Gasteiger partial charge on any atom is 0.123 e. The largest absolute Gasteiger partial charge is 0.494 e. The second-order valence-electron chi connectivity index (χ2n) is 5.00. The number of hydrogen-bond donors (Lipinski definition) is 0. The van der Waals surface area contributed by atoms with Gasteiger partial charge in [-0.3, -0.25) is 4.90 Å². The lowest BCUT2D eigenvalue weighted by molar-refractivity contribution is 0.183. The molecule has 0 bridgehead atoms. The van der Waals surface area contributed by atoms with Gasteiger partial charge in [-0.25, -0.2) is 0 Å². The van der Waals surface area contributed by atoms with Crippen molar-refractivity contribution >= 4 is 0 Å². The second kappa shape index (κ2) is 6.06. The Morgan fingerprint density at radius 2 is 1.94 bits per heavy atom. The molecule has 1 aromatic rings. The lowest BCUT2D eigenvalue weighted by Gasteiger charge is -2.30. The van der Waals surface area contributed by atoms with E-state index in [4.69, 9.17) is 4.74 Å². The molecule has 17 heavy (non-hydrogen) atoms. The number of para-hydroxylation sites is 1. The van der Waals surface area contributed by atoms with Gasteiger partial charge in [0.05, 0.1) is 6.61 Å². The highest BCUT2D eigenvalue weighted by Gasteiger charge is 2.16. The number of likely N-dealkylation sites (tertiary alicyclic amines) is 1. The maximum absolute atomic E-state index is 5.67. The fourth-order valence-corrected chi connectivity index (χ4v) is 2.39. The van der Waals surface area contributed by atoms with Crippen LogP contribution in [0, 0.1) is 5.92 Å². The van der Waals surface area contributed by atoms with Gasteiger partial charge in [-0.1, -0.05) is 25.1 Å². The number of hydrogen-bond acceptors (Lipinski definition) is 2. The molecule has 0 unspecified atom stereocenters. The second-order valence-corrected chi connectivity index (χ2v) is 5.00. The molecular weight excluding hydrogens is 210 g/mol. The number of piperidine rings is 1. The van der Waals surface area contributed by atoms with Crippen LogP contribution >= 0.6 is 0 Å². The van der Waals surface area contributed by atoms with Crippen molar-refractivity contribution in [3.05, 3.63) is 29.8 Å². The first kappa shape index (κ1) is 12.4. The van der Waals surface area contributed by atoms with Gasteiger partial charge in [-0.05, 0) is 44.8 Å². The van der Waals surface area contributed by atoms with E-state index in [1.54, 1.807) is 0 Å². The summed E-state index contributed by atoms with van der Waals surface area (Å²) in [5.74, 6) is 1.95. The Morgan fingerprint density at radius 3 is 2.65 bits per heavy atom. The van der Waals surface area contributed by atoms with E-state index < -0.39 is 0 Å². The summed E-state index contributed by atoms with van der Waals surface area (Å²) in [6.07, 6.45) is 2.66. The van der Waals surface area contributed by atoms with Crippen molar-refractivity contribution in [3.63, 3.8) is 0 Å². The fraction of sp³-hybridized carbons (Fsp3) is 0.600. The average Bonchev–Trinajstić information content (AvgIpc) is 2.35. The first-order chi connectivity index (χ1) is 8.29. The van der Waals surface area contributed by atoms with Crippen molar-refractivity contribution in [2.24, 2.45) is 5.92 Å². The van der Waals surface area contributed by atoms with Crippen LogP contribution in [0.1, 0.15) is 32.3 Å². The van der Waals surface area contributed by atoms with Gasteiger partial charge in [-0.2, -0.15) is 0 Å². The smallest absolute Gasteiger partial charge is 0.123 e. The predicted octanol–water partition coefficient (Wildman–Crippen LogP) is 3.32. The van der Waals surface area contributed by atoms with Gasteiger partial charge in [0.15, 0.2) is 0 Å². The molecule has 2 heteroatoms. The van der Waals surface area contributed by atoms with Crippen LogP contribution in [0.2, 0.25) is 0 Å². The van der Waals surface area contributed by atoms with Crippen molar-refractivity contribution in [2.45, 2.75) is 33.2 Å². The molecule has 0 amide bonds. The lowest BCUT2D eigenvalue weighted by Crippen LogP contribution is -2.32. The molecule has 0 aromatic heterocycles. The normalized spacial score (nSPS) is 18.2. The maximum atomic E-state index is 5.67. The van der Waals surface area contributed by atoms with Gasteiger partial charge in [0, 0.05) is 12.1 Å². The number of ether oxygens (including phenoxy) is 1. The molecule has 0 N–H and O–H groups in total. The molecule has 2 rings (SSSR count). The molecule has 0 radical (unpaired) electrons. The summed E-state index contributed by atoms with van der Waals surface area (Å²) in [6.45, 7) is 8.62. The zero-order valence-electron chi connectivity index (χ0n) is 11.0. The summed E-state index contributed by atoms with van der Waals surface area (Å²) < 4.78 is 5.67. The van der Waals surface area contributed by atoms with E-state index in [1.807, 2.05) is 13.0 Å². The van der Waals surface area contributed by atoms with Gasteiger partial charge in [-0.15, -0.1) is 0 Å². The topological polar surface area (TPSA) is 12.5 Å². The van der Waals surface area contributed by atoms with Crippen LogP contribution in [-0.4, -0.2) is 24.6 Å². The zero-order chi connectivity index (χ0) is 12.1. The van der Waals surface area contributed by atoms with Crippen molar-refractivity contribution in [2.75, 3.05) is 19.7 Å². The van der Waals surface area contributed by atoms with Crippen LogP contribution < -0.4 is 4.74 Å². The third-order valence-corrected chi connectivity index (χ3v) is 3.54. The first-order valence-corrected chi connectivity index (χ1v) is 6.72. The summed E-state index contributed by atoms with van der Waals surface area (Å²) in [4.78, 5) is 2.54. The van der Waals surface area contributed by atoms with Crippen molar-refractivity contribution in [1.82, 2.24) is 4.90 Å². The van der Waals surface area contributed by atoms with Gasteiger partial charge in [0.25, 0.3) is 0 Å². The van der Waals surface area contributed by atoms with Gasteiger partial charge < -0.3 is 4.74 Å². The van der Waals surface area contributed by atoms with E-state index >= 15 is 0 Å². The van der Waals surface area contributed by atoms with E-state index in [-0.39, 0.29) is 0 Å². The molecule has 1 fully saturated rings. The van der Waals surface area contributed by atoms with E-state index in [0.29, 0.717) is 0 Å². The van der Waals surface area contributed by atoms with Crippen LogP contribution in [0.25, 0.3) is 0 Å². The molecule has 2 nitrogen and oxygen atoms in total.